The highest BCUT2D eigenvalue weighted by Crippen LogP contribution is 2.24. The van der Waals surface area contributed by atoms with Crippen LogP contribution in [0.5, 0.6) is 0 Å². The summed E-state index contributed by atoms with van der Waals surface area (Å²) in [6, 6.07) is 0.000615. The predicted octanol–water partition coefficient (Wildman–Crippen LogP) is -0.242. The number of primary amides is 1. The maximum Gasteiger partial charge on any atom is 0.237 e. The van der Waals surface area contributed by atoms with Crippen molar-refractivity contribution < 1.29 is 9.59 Å². The Kier molecular flexibility index (Phi) is 5.66. The van der Waals surface area contributed by atoms with Gasteiger partial charge in [-0.25, -0.2) is 0 Å². The van der Waals surface area contributed by atoms with Crippen molar-refractivity contribution >= 4 is 11.8 Å². The number of hydrogen-bond acceptors (Lipinski definition) is 3. The van der Waals surface area contributed by atoms with Crippen molar-refractivity contribution in [2.75, 3.05) is 6.54 Å². The van der Waals surface area contributed by atoms with Crippen LogP contribution in [0.4, 0.5) is 0 Å². The first-order valence-corrected chi connectivity index (χ1v) is 6.31. The highest BCUT2D eigenvalue weighted by molar-refractivity contribution is 5.81. The van der Waals surface area contributed by atoms with Gasteiger partial charge >= 0.3 is 0 Å². The predicted molar refractivity (Wildman–Crippen MR) is 69.4 cm³/mol. The van der Waals surface area contributed by atoms with E-state index >= 15 is 0 Å². The lowest BCUT2D eigenvalue weighted by Crippen LogP contribution is -2.48. The Labute approximate surface area is 108 Å². The van der Waals surface area contributed by atoms with Crippen LogP contribution in [0.3, 0.4) is 0 Å². The molecule has 0 aromatic carbocycles. The van der Waals surface area contributed by atoms with Gasteiger partial charge in [0.1, 0.15) is 0 Å². The van der Waals surface area contributed by atoms with E-state index in [2.05, 4.69) is 16.6 Å². The van der Waals surface area contributed by atoms with Crippen molar-refractivity contribution in [3.63, 3.8) is 0 Å². The van der Waals surface area contributed by atoms with Gasteiger partial charge in [-0.05, 0) is 32.6 Å². The molecular formula is C13H21N3O2. The van der Waals surface area contributed by atoms with Crippen LogP contribution in [0.2, 0.25) is 0 Å². The number of nitrogens with one attached hydrogen (secondary N) is 2. The van der Waals surface area contributed by atoms with E-state index in [0.717, 1.165) is 25.7 Å². The highest BCUT2D eigenvalue weighted by atomic mass is 16.2. The van der Waals surface area contributed by atoms with E-state index in [9.17, 15) is 9.59 Å². The zero-order valence-electron chi connectivity index (χ0n) is 10.7. The Bertz CT molecular complexity index is 341. The Morgan fingerprint density at radius 2 is 2.00 bits per heavy atom. The lowest BCUT2D eigenvalue weighted by molar-refractivity contribution is -0.124. The Balaban J connectivity index is 2.30. The van der Waals surface area contributed by atoms with Gasteiger partial charge in [0.25, 0.3) is 0 Å². The van der Waals surface area contributed by atoms with E-state index in [1.54, 1.807) is 0 Å². The fourth-order valence-electron chi connectivity index (χ4n) is 2.27. The van der Waals surface area contributed by atoms with E-state index in [-0.39, 0.29) is 36.4 Å². The molecule has 0 heterocycles. The van der Waals surface area contributed by atoms with Gasteiger partial charge in [0.15, 0.2) is 0 Å². The molecule has 0 bridgehead atoms. The average molecular weight is 251 g/mol. The maximum absolute atomic E-state index is 11.6. The van der Waals surface area contributed by atoms with Crippen molar-refractivity contribution in [2.45, 2.75) is 44.7 Å². The molecular weight excluding hydrogens is 230 g/mol. The molecule has 100 valence electrons. The largest absolute Gasteiger partial charge is 0.369 e. The van der Waals surface area contributed by atoms with Crippen LogP contribution >= 0.6 is 0 Å². The van der Waals surface area contributed by atoms with E-state index in [1.165, 1.54) is 0 Å². The minimum Gasteiger partial charge on any atom is -0.369 e. The summed E-state index contributed by atoms with van der Waals surface area (Å²) in [7, 11) is 0. The lowest BCUT2D eigenvalue weighted by atomic mass is 9.85. The normalized spacial score (nSPS) is 24.9. The second kappa shape index (κ2) is 7.02. The van der Waals surface area contributed by atoms with Gasteiger partial charge in [-0.3, -0.25) is 9.59 Å². The molecule has 0 saturated heterocycles. The highest BCUT2D eigenvalue weighted by Gasteiger charge is 2.26. The number of carbonyl (C=O) groups excluding carboxylic acids is 2. The van der Waals surface area contributed by atoms with E-state index in [0.29, 0.717) is 0 Å². The number of hydrogen-bond donors (Lipinski definition) is 3. The standard InChI is InChI=1S/C13H21N3O2/c1-3-8-15-13(18)9(2)16-11-6-4-10(5-7-11)12(14)17/h1,9-11,16H,4-8H2,2H3,(H2,14,17)(H,15,18). The number of rotatable bonds is 5. The summed E-state index contributed by atoms with van der Waals surface area (Å²) < 4.78 is 0. The number of nitrogens with two attached hydrogens (primary N) is 1. The molecule has 4 N–H and O–H groups in total. The van der Waals surface area contributed by atoms with E-state index in [1.807, 2.05) is 6.92 Å². The smallest absolute Gasteiger partial charge is 0.237 e. The summed E-state index contributed by atoms with van der Waals surface area (Å²) in [6.07, 6.45) is 8.42. The molecule has 18 heavy (non-hydrogen) atoms. The van der Waals surface area contributed by atoms with Crippen molar-refractivity contribution in [3.8, 4) is 12.3 Å². The van der Waals surface area contributed by atoms with Gasteiger partial charge in [0.2, 0.25) is 11.8 Å². The third kappa shape index (κ3) is 4.38. The Hall–Kier alpha value is -1.54. The van der Waals surface area contributed by atoms with Gasteiger partial charge in [0.05, 0.1) is 12.6 Å². The lowest BCUT2D eigenvalue weighted by Gasteiger charge is -2.29. The van der Waals surface area contributed by atoms with Crippen LogP contribution in [0.15, 0.2) is 0 Å². The van der Waals surface area contributed by atoms with Crippen LogP contribution in [-0.2, 0) is 9.59 Å². The van der Waals surface area contributed by atoms with Crippen molar-refractivity contribution in [1.29, 1.82) is 0 Å². The summed E-state index contributed by atoms with van der Waals surface area (Å²) in [4.78, 5) is 22.6. The first-order chi connectivity index (χ1) is 8.54. The molecule has 0 aromatic rings. The summed E-state index contributed by atoms with van der Waals surface area (Å²) in [6.45, 7) is 2.06. The van der Waals surface area contributed by atoms with Crippen LogP contribution in [0, 0.1) is 18.3 Å². The SMILES string of the molecule is C#CCNC(=O)C(C)NC1CCC(C(N)=O)CC1. The topological polar surface area (TPSA) is 84.2 Å². The van der Waals surface area contributed by atoms with Gasteiger partial charge in [0, 0.05) is 12.0 Å². The number of terminal acetylenes is 1. The van der Waals surface area contributed by atoms with Gasteiger partial charge in [-0.15, -0.1) is 6.42 Å². The molecule has 1 atom stereocenters. The molecule has 1 fully saturated rings. The molecule has 0 aromatic heterocycles. The molecule has 0 spiro atoms. The van der Waals surface area contributed by atoms with Gasteiger partial charge in [-0.1, -0.05) is 5.92 Å². The molecule has 5 nitrogen and oxygen atoms in total. The minimum atomic E-state index is -0.270. The molecule has 1 saturated carbocycles. The van der Waals surface area contributed by atoms with Gasteiger partial charge in [-0.2, -0.15) is 0 Å². The molecule has 1 rings (SSSR count). The average Bonchev–Trinajstić information content (AvgIpc) is 2.36. The van der Waals surface area contributed by atoms with E-state index < -0.39 is 0 Å². The van der Waals surface area contributed by atoms with E-state index in [4.69, 9.17) is 12.2 Å². The van der Waals surface area contributed by atoms with Gasteiger partial charge < -0.3 is 16.4 Å². The minimum absolute atomic E-state index is 0.00590. The summed E-state index contributed by atoms with van der Waals surface area (Å²) in [5, 5.41) is 5.89. The fraction of sp³-hybridized carbons (Fsp3) is 0.692. The summed E-state index contributed by atoms with van der Waals surface area (Å²) in [5.74, 6) is 2.05. The molecule has 5 heteroatoms. The first kappa shape index (κ1) is 14.5. The van der Waals surface area contributed by atoms with Crippen molar-refractivity contribution in [2.24, 2.45) is 11.7 Å². The molecule has 0 radical (unpaired) electrons. The summed E-state index contributed by atoms with van der Waals surface area (Å²) >= 11 is 0. The third-order valence-electron chi connectivity index (χ3n) is 3.37. The number of amides is 2. The van der Waals surface area contributed by atoms with Crippen LogP contribution in [0.1, 0.15) is 32.6 Å². The zero-order chi connectivity index (χ0) is 13.5. The quantitative estimate of drug-likeness (QED) is 0.590. The molecule has 0 aliphatic heterocycles. The fourth-order valence-corrected chi connectivity index (χ4v) is 2.27. The second-order valence-electron chi connectivity index (χ2n) is 4.76. The van der Waals surface area contributed by atoms with Crippen LogP contribution in [0.25, 0.3) is 0 Å². The Morgan fingerprint density at radius 1 is 1.39 bits per heavy atom. The second-order valence-corrected chi connectivity index (χ2v) is 4.76. The third-order valence-corrected chi connectivity index (χ3v) is 3.37. The molecule has 1 aliphatic rings. The molecule has 1 unspecified atom stereocenters. The maximum atomic E-state index is 11.6. The first-order valence-electron chi connectivity index (χ1n) is 6.31. The van der Waals surface area contributed by atoms with Crippen molar-refractivity contribution in [3.05, 3.63) is 0 Å². The Morgan fingerprint density at radius 3 is 2.50 bits per heavy atom. The van der Waals surface area contributed by atoms with Crippen LogP contribution in [-0.4, -0.2) is 30.4 Å². The van der Waals surface area contributed by atoms with Crippen molar-refractivity contribution in [1.82, 2.24) is 10.6 Å². The van der Waals surface area contributed by atoms with Crippen LogP contribution < -0.4 is 16.4 Å². The monoisotopic (exact) mass is 251 g/mol. The zero-order valence-corrected chi connectivity index (χ0v) is 10.7. The summed E-state index contributed by atoms with van der Waals surface area (Å²) in [5.41, 5.74) is 5.27. The molecule has 1 aliphatic carbocycles. The number of carbonyl (C=O) groups is 2. The molecule has 2 amide bonds.